The van der Waals surface area contributed by atoms with E-state index in [1.54, 1.807) is 45.3 Å². The zero-order chi connectivity index (χ0) is 16.2. The maximum atomic E-state index is 12.1. The predicted molar refractivity (Wildman–Crippen MR) is 79.1 cm³/mol. The highest BCUT2D eigenvalue weighted by Gasteiger charge is 2.26. The third-order valence-electron chi connectivity index (χ3n) is 3.37. The molecule has 0 aliphatic heterocycles. The number of hydrogen-bond acceptors (Lipinski definition) is 3. The maximum Gasteiger partial charge on any atom is 0.307 e. The Morgan fingerprint density at radius 2 is 1.67 bits per heavy atom. The van der Waals surface area contributed by atoms with Gasteiger partial charge < -0.3 is 15.3 Å². The van der Waals surface area contributed by atoms with Crippen molar-refractivity contribution < 1.29 is 19.5 Å². The average Bonchev–Trinajstić information content (AvgIpc) is 2.45. The molecule has 0 fully saturated rings. The highest BCUT2D eigenvalue weighted by atomic mass is 16.4. The lowest BCUT2D eigenvalue weighted by Crippen LogP contribution is -2.31. The maximum absolute atomic E-state index is 12.1. The second-order valence-corrected chi connectivity index (χ2v) is 5.15. The van der Waals surface area contributed by atoms with E-state index in [2.05, 4.69) is 5.32 Å². The number of amides is 2. The molecule has 0 spiro atoms. The largest absolute Gasteiger partial charge is 0.481 e. The Kier molecular flexibility index (Phi) is 5.46. The van der Waals surface area contributed by atoms with Gasteiger partial charge in [-0.25, -0.2) is 0 Å². The van der Waals surface area contributed by atoms with Gasteiger partial charge in [0.1, 0.15) is 0 Å². The molecule has 21 heavy (non-hydrogen) atoms. The lowest BCUT2D eigenvalue weighted by molar-refractivity contribution is -0.145. The van der Waals surface area contributed by atoms with Crippen molar-refractivity contribution in [2.75, 3.05) is 19.4 Å². The summed E-state index contributed by atoms with van der Waals surface area (Å²) in [7, 11) is 3.24. The van der Waals surface area contributed by atoms with Gasteiger partial charge in [-0.15, -0.1) is 0 Å². The molecular formula is C15H20N2O4. The van der Waals surface area contributed by atoms with Crippen LogP contribution in [0.15, 0.2) is 24.3 Å². The number of carboxylic acid groups (broad SMARTS) is 1. The third kappa shape index (κ3) is 4.05. The average molecular weight is 292 g/mol. The SMILES string of the molecule is CC(C(=O)O)C(C)C(=O)Nc1ccccc1C(=O)N(C)C. The van der Waals surface area contributed by atoms with Crippen molar-refractivity contribution in [1.29, 1.82) is 0 Å². The van der Waals surface area contributed by atoms with Crippen LogP contribution in [0.5, 0.6) is 0 Å². The quantitative estimate of drug-likeness (QED) is 0.864. The molecule has 0 bridgehead atoms. The van der Waals surface area contributed by atoms with Gasteiger partial charge in [-0.1, -0.05) is 26.0 Å². The molecule has 6 nitrogen and oxygen atoms in total. The molecule has 2 N–H and O–H groups in total. The Morgan fingerprint density at radius 3 is 2.19 bits per heavy atom. The summed E-state index contributed by atoms with van der Waals surface area (Å²) in [6, 6.07) is 6.64. The van der Waals surface area contributed by atoms with Crippen molar-refractivity contribution >= 4 is 23.5 Å². The topological polar surface area (TPSA) is 86.7 Å². The van der Waals surface area contributed by atoms with Crippen LogP contribution in [-0.2, 0) is 9.59 Å². The van der Waals surface area contributed by atoms with Crippen LogP contribution in [0.4, 0.5) is 5.69 Å². The fourth-order valence-electron chi connectivity index (χ4n) is 1.71. The molecule has 2 atom stereocenters. The molecule has 114 valence electrons. The molecule has 2 amide bonds. The lowest BCUT2D eigenvalue weighted by atomic mass is 9.95. The van der Waals surface area contributed by atoms with Gasteiger partial charge >= 0.3 is 5.97 Å². The summed E-state index contributed by atoms with van der Waals surface area (Å²) in [6.07, 6.45) is 0. The second-order valence-electron chi connectivity index (χ2n) is 5.15. The first-order chi connectivity index (χ1) is 9.75. The van der Waals surface area contributed by atoms with Crippen molar-refractivity contribution in [3.8, 4) is 0 Å². The molecule has 0 radical (unpaired) electrons. The Labute approximate surface area is 123 Å². The molecule has 0 aromatic heterocycles. The number of anilines is 1. The molecule has 0 saturated carbocycles. The Hall–Kier alpha value is -2.37. The van der Waals surface area contributed by atoms with Gasteiger partial charge in [0, 0.05) is 20.0 Å². The van der Waals surface area contributed by atoms with E-state index in [0.717, 1.165) is 0 Å². The Balaban J connectivity index is 2.96. The van der Waals surface area contributed by atoms with Gasteiger partial charge in [0.15, 0.2) is 0 Å². The van der Waals surface area contributed by atoms with Crippen molar-refractivity contribution in [2.45, 2.75) is 13.8 Å². The van der Waals surface area contributed by atoms with Gasteiger partial charge in [0.05, 0.1) is 17.2 Å². The molecule has 1 aromatic rings. The minimum atomic E-state index is -1.03. The van der Waals surface area contributed by atoms with Gasteiger partial charge in [-0.05, 0) is 12.1 Å². The van der Waals surface area contributed by atoms with Gasteiger partial charge in [0.25, 0.3) is 5.91 Å². The van der Waals surface area contributed by atoms with Crippen molar-refractivity contribution in [1.82, 2.24) is 4.90 Å². The van der Waals surface area contributed by atoms with Crippen LogP contribution in [0.3, 0.4) is 0 Å². The number of carboxylic acids is 1. The highest BCUT2D eigenvalue weighted by Crippen LogP contribution is 2.19. The standard InChI is InChI=1S/C15H20N2O4/c1-9(10(2)15(20)21)13(18)16-12-8-6-5-7-11(12)14(19)17(3)4/h5-10H,1-4H3,(H,16,18)(H,20,21). The van der Waals surface area contributed by atoms with E-state index in [1.165, 1.54) is 11.8 Å². The van der Waals surface area contributed by atoms with Crippen LogP contribution < -0.4 is 5.32 Å². The van der Waals surface area contributed by atoms with Gasteiger partial charge in [-0.3, -0.25) is 14.4 Å². The van der Waals surface area contributed by atoms with Crippen molar-refractivity contribution in [3.05, 3.63) is 29.8 Å². The monoisotopic (exact) mass is 292 g/mol. The first-order valence-corrected chi connectivity index (χ1v) is 6.60. The fraction of sp³-hybridized carbons (Fsp3) is 0.400. The number of hydrogen-bond donors (Lipinski definition) is 2. The van der Waals surface area contributed by atoms with Crippen LogP contribution in [0.1, 0.15) is 24.2 Å². The summed E-state index contributed by atoms with van der Waals surface area (Å²) in [5.74, 6) is -3.20. The fourth-order valence-corrected chi connectivity index (χ4v) is 1.71. The minimum absolute atomic E-state index is 0.232. The Bertz CT molecular complexity index is 554. The zero-order valence-corrected chi connectivity index (χ0v) is 12.6. The summed E-state index contributed by atoms with van der Waals surface area (Å²) in [4.78, 5) is 36.5. The van der Waals surface area contributed by atoms with Crippen molar-refractivity contribution in [3.63, 3.8) is 0 Å². The molecule has 0 saturated heterocycles. The summed E-state index contributed by atoms with van der Waals surface area (Å²) < 4.78 is 0. The Morgan fingerprint density at radius 1 is 1.10 bits per heavy atom. The van der Waals surface area contributed by atoms with E-state index in [9.17, 15) is 14.4 Å². The second kappa shape index (κ2) is 6.88. The zero-order valence-electron chi connectivity index (χ0n) is 12.6. The van der Waals surface area contributed by atoms with E-state index in [0.29, 0.717) is 11.3 Å². The summed E-state index contributed by atoms with van der Waals surface area (Å²) in [6.45, 7) is 3.02. The predicted octanol–water partition coefficient (Wildman–Crippen LogP) is 1.68. The number of para-hydroxylation sites is 1. The molecule has 0 aliphatic rings. The van der Waals surface area contributed by atoms with Crippen LogP contribution in [0.2, 0.25) is 0 Å². The third-order valence-corrected chi connectivity index (χ3v) is 3.37. The van der Waals surface area contributed by atoms with Crippen LogP contribution in [0.25, 0.3) is 0 Å². The summed E-state index contributed by atoms with van der Waals surface area (Å²) >= 11 is 0. The normalized spacial score (nSPS) is 13.1. The summed E-state index contributed by atoms with van der Waals surface area (Å²) in [5, 5.41) is 11.6. The lowest BCUT2D eigenvalue weighted by Gasteiger charge is -2.18. The first kappa shape index (κ1) is 16.7. The number of carbonyl (C=O) groups excluding carboxylic acids is 2. The van der Waals surface area contributed by atoms with Crippen LogP contribution >= 0.6 is 0 Å². The number of nitrogens with one attached hydrogen (secondary N) is 1. The van der Waals surface area contributed by atoms with Crippen LogP contribution in [-0.4, -0.2) is 41.9 Å². The van der Waals surface area contributed by atoms with E-state index in [-0.39, 0.29) is 5.91 Å². The number of rotatable bonds is 5. The minimum Gasteiger partial charge on any atom is -0.481 e. The molecular weight excluding hydrogens is 272 g/mol. The number of benzene rings is 1. The van der Waals surface area contributed by atoms with E-state index < -0.39 is 23.7 Å². The highest BCUT2D eigenvalue weighted by molar-refractivity contribution is 6.04. The molecule has 6 heteroatoms. The summed E-state index contributed by atoms with van der Waals surface area (Å²) in [5.41, 5.74) is 0.747. The number of carbonyl (C=O) groups is 3. The molecule has 0 aliphatic carbocycles. The van der Waals surface area contributed by atoms with Crippen molar-refractivity contribution in [2.24, 2.45) is 11.8 Å². The number of nitrogens with zero attached hydrogens (tertiary/aromatic N) is 1. The van der Waals surface area contributed by atoms with E-state index in [1.807, 2.05) is 0 Å². The molecule has 2 unspecified atom stereocenters. The molecule has 1 rings (SSSR count). The number of aliphatic carboxylic acids is 1. The van der Waals surface area contributed by atoms with Gasteiger partial charge in [0.2, 0.25) is 5.91 Å². The van der Waals surface area contributed by atoms with E-state index in [4.69, 9.17) is 5.11 Å². The molecule has 0 heterocycles. The molecule has 1 aromatic carbocycles. The smallest absolute Gasteiger partial charge is 0.307 e. The first-order valence-electron chi connectivity index (χ1n) is 6.60. The van der Waals surface area contributed by atoms with Gasteiger partial charge in [-0.2, -0.15) is 0 Å². The van der Waals surface area contributed by atoms with E-state index >= 15 is 0 Å². The van der Waals surface area contributed by atoms with Crippen LogP contribution in [0, 0.1) is 11.8 Å².